The Hall–Kier alpha value is -1.59. The number of carbonyl (C=O) groups is 1. The molecule has 5 heteroatoms. The molecular formula is C14H19NO4. The van der Waals surface area contributed by atoms with Gasteiger partial charge in [0.1, 0.15) is 5.60 Å². The van der Waals surface area contributed by atoms with Crippen LogP contribution in [0.4, 0.5) is 5.69 Å². The summed E-state index contributed by atoms with van der Waals surface area (Å²) in [5, 5.41) is 22.5. The molecule has 2 rings (SSSR count). The third-order valence-corrected chi connectivity index (χ3v) is 3.71. The molecule has 2 atom stereocenters. The largest absolute Gasteiger partial charge is 0.478 e. The van der Waals surface area contributed by atoms with E-state index in [2.05, 4.69) is 5.32 Å². The Bertz CT molecular complexity index is 488. The van der Waals surface area contributed by atoms with Crippen molar-refractivity contribution in [3.05, 3.63) is 29.3 Å². The van der Waals surface area contributed by atoms with Crippen LogP contribution < -0.4 is 5.32 Å². The summed E-state index contributed by atoms with van der Waals surface area (Å²) in [5.41, 5.74) is 0.927. The van der Waals surface area contributed by atoms with Gasteiger partial charge in [0, 0.05) is 25.3 Å². The van der Waals surface area contributed by atoms with E-state index in [-0.39, 0.29) is 6.10 Å². The SMILES string of the molecule is Cc1cc(NCC2(O)CCOC2C)ccc1C(=O)O. The van der Waals surface area contributed by atoms with Crippen LogP contribution in [0.1, 0.15) is 29.3 Å². The number of anilines is 1. The molecule has 1 aliphatic heterocycles. The van der Waals surface area contributed by atoms with E-state index in [0.29, 0.717) is 30.7 Å². The van der Waals surface area contributed by atoms with Gasteiger partial charge in [-0.2, -0.15) is 0 Å². The van der Waals surface area contributed by atoms with Crippen molar-refractivity contribution >= 4 is 11.7 Å². The standard InChI is InChI=1S/C14H19NO4/c1-9-7-11(3-4-12(9)13(16)17)15-8-14(18)5-6-19-10(14)2/h3-4,7,10,15,18H,5-6,8H2,1-2H3,(H,16,17). The van der Waals surface area contributed by atoms with Crippen LogP contribution in [0.15, 0.2) is 18.2 Å². The summed E-state index contributed by atoms with van der Waals surface area (Å²) in [4.78, 5) is 10.9. The Morgan fingerprint density at radius 2 is 2.32 bits per heavy atom. The average molecular weight is 265 g/mol. The maximum Gasteiger partial charge on any atom is 0.335 e. The van der Waals surface area contributed by atoms with Crippen LogP contribution in [-0.4, -0.2) is 41.0 Å². The van der Waals surface area contributed by atoms with Gasteiger partial charge in [0.05, 0.1) is 11.7 Å². The van der Waals surface area contributed by atoms with Crippen LogP contribution in [0.3, 0.4) is 0 Å². The van der Waals surface area contributed by atoms with Crippen LogP contribution in [-0.2, 0) is 4.74 Å². The fourth-order valence-electron chi connectivity index (χ4n) is 2.27. The van der Waals surface area contributed by atoms with Crippen molar-refractivity contribution in [1.82, 2.24) is 0 Å². The van der Waals surface area contributed by atoms with Crippen molar-refractivity contribution < 1.29 is 19.7 Å². The van der Waals surface area contributed by atoms with Gasteiger partial charge in [-0.25, -0.2) is 4.79 Å². The number of aromatic carboxylic acids is 1. The summed E-state index contributed by atoms with van der Waals surface area (Å²) < 4.78 is 5.36. The Morgan fingerprint density at radius 3 is 2.84 bits per heavy atom. The molecule has 1 heterocycles. The second-order valence-corrected chi connectivity index (χ2v) is 5.06. The summed E-state index contributed by atoms with van der Waals surface area (Å²) in [6, 6.07) is 5.05. The Morgan fingerprint density at radius 1 is 1.58 bits per heavy atom. The Balaban J connectivity index is 2.04. The predicted octanol–water partition coefficient (Wildman–Crippen LogP) is 1.65. The van der Waals surface area contributed by atoms with Gasteiger partial charge in [-0.3, -0.25) is 0 Å². The molecule has 5 nitrogen and oxygen atoms in total. The molecule has 1 fully saturated rings. The van der Waals surface area contributed by atoms with Gasteiger partial charge < -0.3 is 20.3 Å². The molecule has 0 saturated carbocycles. The molecule has 0 aliphatic carbocycles. The summed E-state index contributed by atoms with van der Waals surface area (Å²) in [7, 11) is 0. The van der Waals surface area contributed by atoms with Crippen molar-refractivity contribution in [1.29, 1.82) is 0 Å². The van der Waals surface area contributed by atoms with Crippen LogP contribution in [0.2, 0.25) is 0 Å². The highest BCUT2D eigenvalue weighted by atomic mass is 16.5. The maximum atomic E-state index is 10.9. The average Bonchev–Trinajstić information content (AvgIpc) is 2.67. The molecule has 1 aliphatic rings. The molecule has 0 radical (unpaired) electrons. The van der Waals surface area contributed by atoms with E-state index in [1.165, 1.54) is 0 Å². The molecule has 0 aromatic heterocycles. The van der Waals surface area contributed by atoms with Gasteiger partial charge in [0.25, 0.3) is 0 Å². The maximum absolute atomic E-state index is 10.9. The van der Waals surface area contributed by atoms with E-state index in [1.807, 2.05) is 6.92 Å². The summed E-state index contributed by atoms with van der Waals surface area (Å²) in [6.45, 7) is 4.56. The quantitative estimate of drug-likeness (QED) is 0.771. The first-order chi connectivity index (χ1) is 8.92. The van der Waals surface area contributed by atoms with E-state index in [0.717, 1.165) is 5.69 Å². The molecule has 1 saturated heterocycles. The zero-order chi connectivity index (χ0) is 14.0. The first kappa shape index (κ1) is 13.8. The minimum atomic E-state index is -0.930. The van der Waals surface area contributed by atoms with Crippen molar-refractivity contribution in [2.24, 2.45) is 0 Å². The van der Waals surface area contributed by atoms with Crippen molar-refractivity contribution in [3.8, 4) is 0 Å². The molecule has 2 unspecified atom stereocenters. The molecule has 0 spiro atoms. The van der Waals surface area contributed by atoms with E-state index >= 15 is 0 Å². The smallest absolute Gasteiger partial charge is 0.335 e. The number of aryl methyl sites for hydroxylation is 1. The first-order valence-corrected chi connectivity index (χ1v) is 6.34. The summed E-state index contributed by atoms with van der Waals surface area (Å²) in [5.74, 6) is -0.930. The second-order valence-electron chi connectivity index (χ2n) is 5.06. The summed E-state index contributed by atoms with van der Waals surface area (Å²) in [6.07, 6.45) is 0.410. The van der Waals surface area contributed by atoms with Crippen LogP contribution in [0.5, 0.6) is 0 Å². The minimum absolute atomic E-state index is 0.195. The lowest BCUT2D eigenvalue weighted by Crippen LogP contribution is -2.43. The van der Waals surface area contributed by atoms with E-state index in [4.69, 9.17) is 9.84 Å². The van der Waals surface area contributed by atoms with Crippen LogP contribution in [0.25, 0.3) is 0 Å². The van der Waals surface area contributed by atoms with Gasteiger partial charge >= 0.3 is 5.97 Å². The fourth-order valence-corrected chi connectivity index (χ4v) is 2.27. The lowest BCUT2D eigenvalue weighted by Gasteiger charge is -2.26. The Labute approximate surface area is 112 Å². The van der Waals surface area contributed by atoms with Gasteiger partial charge in [-0.05, 0) is 37.6 Å². The minimum Gasteiger partial charge on any atom is -0.478 e. The highest BCUT2D eigenvalue weighted by Gasteiger charge is 2.39. The van der Waals surface area contributed by atoms with Crippen LogP contribution in [0, 0.1) is 6.92 Å². The van der Waals surface area contributed by atoms with E-state index in [1.54, 1.807) is 25.1 Å². The highest BCUT2D eigenvalue weighted by molar-refractivity contribution is 5.89. The monoisotopic (exact) mass is 265 g/mol. The number of hydrogen-bond acceptors (Lipinski definition) is 4. The lowest BCUT2D eigenvalue weighted by molar-refractivity contribution is -0.0175. The third kappa shape index (κ3) is 2.88. The third-order valence-electron chi connectivity index (χ3n) is 3.71. The van der Waals surface area contributed by atoms with Crippen LogP contribution >= 0.6 is 0 Å². The molecule has 104 valence electrons. The number of nitrogens with one attached hydrogen (secondary N) is 1. The number of rotatable bonds is 4. The number of aliphatic hydroxyl groups is 1. The fraction of sp³-hybridized carbons (Fsp3) is 0.500. The summed E-state index contributed by atoms with van der Waals surface area (Å²) >= 11 is 0. The number of benzene rings is 1. The zero-order valence-electron chi connectivity index (χ0n) is 11.1. The van der Waals surface area contributed by atoms with Crippen molar-refractivity contribution in [2.45, 2.75) is 32.0 Å². The van der Waals surface area contributed by atoms with E-state index in [9.17, 15) is 9.90 Å². The number of carboxylic acids is 1. The molecule has 0 amide bonds. The topological polar surface area (TPSA) is 78.8 Å². The number of carboxylic acid groups (broad SMARTS) is 1. The molecular weight excluding hydrogens is 246 g/mol. The second kappa shape index (κ2) is 5.19. The number of hydrogen-bond donors (Lipinski definition) is 3. The Kier molecular flexibility index (Phi) is 3.78. The first-order valence-electron chi connectivity index (χ1n) is 6.34. The molecule has 3 N–H and O–H groups in total. The predicted molar refractivity (Wildman–Crippen MR) is 71.6 cm³/mol. The normalized spacial score (nSPS) is 26.4. The van der Waals surface area contributed by atoms with E-state index < -0.39 is 11.6 Å². The molecule has 1 aromatic carbocycles. The lowest BCUT2D eigenvalue weighted by atomic mass is 9.96. The van der Waals surface area contributed by atoms with Gasteiger partial charge in [0.2, 0.25) is 0 Å². The molecule has 19 heavy (non-hydrogen) atoms. The molecule has 1 aromatic rings. The van der Waals surface area contributed by atoms with Gasteiger partial charge in [-0.15, -0.1) is 0 Å². The molecule has 0 bridgehead atoms. The van der Waals surface area contributed by atoms with Gasteiger partial charge in [0.15, 0.2) is 0 Å². The van der Waals surface area contributed by atoms with Crippen molar-refractivity contribution in [3.63, 3.8) is 0 Å². The number of ether oxygens (including phenoxy) is 1. The zero-order valence-corrected chi connectivity index (χ0v) is 11.1. The van der Waals surface area contributed by atoms with Gasteiger partial charge in [-0.1, -0.05) is 0 Å². The van der Waals surface area contributed by atoms with Crippen molar-refractivity contribution in [2.75, 3.05) is 18.5 Å². The highest BCUT2D eigenvalue weighted by Crippen LogP contribution is 2.26.